The van der Waals surface area contributed by atoms with Crippen LogP contribution < -0.4 is 70.2 Å². The van der Waals surface area contributed by atoms with E-state index in [9.17, 15) is 24.3 Å². The molecule has 2 aliphatic rings. The summed E-state index contributed by atoms with van der Waals surface area (Å²) in [6, 6.07) is -0.959. The predicted molar refractivity (Wildman–Crippen MR) is 141 cm³/mol. The number of fused-ring (bicyclic) bond motifs is 1. The minimum absolute atomic E-state index is 0. The number of carbonyl (C=O) groups excluding carboxylic acids is 2. The van der Waals surface area contributed by atoms with E-state index in [0.717, 1.165) is 11.3 Å². The van der Waals surface area contributed by atoms with Gasteiger partial charge in [-0.25, -0.2) is 14.8 Å². The summed E-state index contributed by atoms with van der Waals surface area (Å²) in [6.07, 6.45) is -0.132. The molecule has 19 heteroatoms. The van der Waals surface area contributed by atoms with Crippen LogP contribution >= 0.6 is 46.2 Å². The second kappa shape index (κ2) is 14.7. The molecule has 0 aromatic carbocycles. The number of nitrogen functional groups attached to an aromatic ring is 1. The number of carboxylic acids is 2. The Labute approximate surface area is 286 Å². The molecule has 4 heterocycles. The number of aryl methyl sites for hydroxylation is 1. The first-order chi connectivity index (χ1) is 17.6. The van der Waals surface area contributed by atoms with Crippen molar-refractivity contribution in [2.24, 2.45) is 5.16 Å². The number of hydrogen-bond acceptors (Lipinski definition) is 13. The van der Waals surface area contributed by atoms with Crippen LogP contribution in [0.2, 0.25) is 0 Å². The fourth-order valence-corrected chi connectivity index (χ4v) is 7.87. The Bertz CT molecular complexity index is 1360. The van der Waals surface area contributed by atoms with Crippen LogP contribution in [-0.4, -0.2) is 84.6 Å². The third kappa shape index (κ3) is 7.58. The second-order valence-corrected chi connectivity index (χ2v) is 12.0. The van der Waals surface area contributed by atoms with Crippen LogP contribution in [0.4, 0.5) is 5.13 Å². The molecule has 4 rings (SSSR count). The van der Waals surface area contributed by atoms with E-state index in [2.05, 4.69) is 20.4 Å². The largest absolute Gasteiger partial charge is 1.00 e. The number of thioether (sulfide) groups is 2. The van der Waals surface area contributed by atoms with Gasteiger partial charge in [0.05, 0.1) is 12.1 Å². The van der Waals surface area contributed by atoms with Crippen LogP contribution in [0.5, 0.6) is 0 Å². The number of hydrogen-bond donors (Lipinski definition) is 4. The smallest absolute Gasteiger partial charge is 1.00 e. The molecule has 2 amide bonds. The average molecular weight is 633 g/mol. The monoisotopic (exact) mass is 632 g/mol. The maximum absolute atomic E-state index is 13.0. The molecule has 1 saturated heterocycles. The molecule has 39 heavy (non-hydrogen) atoms. The van der Waals surface area contributed by atoms with E-state index in [1.807, 2.05) is 0 Å². The Kier molecular flexibility index (Phi) is 12.8. The summed E-state index contributed by atoms with van der Waals surface area (Å²) in [7, 11) is 1.26. The number of rotatable bonds is 10. The van der Waals surface area contributed by atoms with Crippen molar-refractivity contribution in [2.45, 2.75) is 29.1 Å². The van der Waals surface area contributed by atoms with E-state index in [1.165, 1.54) is 52.3 Å². The van der Waals surface area contributed by atoms with Gasteiger partial charge in [0.15, 0.2) is 15.2 Å². The average Bonchev–Trinajstić information content (AvgIpc) is 3.42. The Morgan fingerprint density at radius 3 is 2.64 bits per heavy atom. The summed E-state index contributed by atoms with van der Waals surface area (Å²) < 4.78 is 0.617. The zero-order valence-electron chi connectivity index (χ0n) is 23.3. The van der Waals surface area contributed by atoms with Gasteiger partial charge in [-0.2, -0.15) is 0 Å². The normalized spacial score (nSPS) is 18.4. The maximum Gasteiger partial charge on any atom is 1.00 e. The van der Waals surface area contributed by atoms with Gasteiger partial charge >= 0.3 is 71.1 Å². The summed E-state index contributed by atoms with van der Waals surface area (Å²) in [6.45, 7) is 1.72. The van der Waals surface area contributed by atoms with Crippen LogP contribution in [0.25, 0.3) is 0 Å². The van der Waals surface area contributed by atoms with Crippen molar-refractivity contribution in [3.05, 3.63) is 32.9 Å². The number of nitrogens with one attached hydrogen (secondary N) is 1. The molecule has 1 fully saturated rings. The Morgan fingerprint density at radius 1 is 1.33 bits per heavy atom. The van der Waals surface area contributed by atoms with E-state index in [0.29, 0.717) is 26.2 Å². The molecule has 0 spiro atoms. The first-order valence-electron chi connectivity index (χ1n) is 10.4. The molecule has 2 aliphatic heterocycles. The molecule has 0 radical (unpaired) electrons. The van der Waals surface area contributed by atoms with E-state index >= 15 is 0 Å². The van der Waals surface area contributed by atoms with Gasteiger partial charge in [-0.15, -0.1) is 34.4 Å². The van der Waals surface area contributed by atoms with Crippen LogP contribution in [0.3, 0.4) is 0 Å². The standard InChI is InChI=1S/C20H20N6O7S4.2Na.2H/c1-7-10(3-11(27)28)37-20(22-7)36-5-8-4-34-17-13(16(30)26(17)14(8)18(31)32)24-15(29)12(25-33-2)9-6-35-19(21)23-9;;;;/h6,13,17H,3-5H2,1-2H3,(H2,21,23)(H,24,29)(H,27,28)(H,31,32);;;;/q;2*+1;2*-1/b25-12-;;;;/t13-,17-;;;;/m1..../s1. The molecule has 2 aromatic rings. The summed E-state index contributed by atoms with van der Waals surface area (Å²) >= 11 is 4.98. The van der Waals surface area contributed by atoms with Gasteiger partial charge in [-0.3, -0.25) is 19.3 Å². The first-order valence-corrected chi connectivity index (χ1v) is 14.2. The Hall–Kier alpha value is -1.15. The van der Waals surface area contributed by atoms with Crippen molar-refractivity contribution in [2.75, 3.05) is 24.3 Å². The fourth-order valence-electron chi connectivity index (χ4n) is 3.61. The topological polar surface area (TPSA) is 197 Å². The molecule has 0 bridgehead atoms. The Morgan fingerprint density at radius 2 is 2.05 bits per heavy atom. The molecular weight excluding hydrogens is 611 g/mol. The summed E-state index contributed by atoms with van der Waals surface area (Å²) in [5.74, 6) is -2.89. The van der Waals surface area contributed by atoms with E-state index in [1.54, 1.807) is 6.92 Å². The minimum Gasteiger partial charge on any atom is -1.00 e. The zero-order chi connectivity index (χ0) is 26.9. The number of aliphatic carboxylic acids is 2. The Balaban J connectivity index is 0.00000400. The van der Waals surface area contributed by atoms with E-state index < -0.39 is 35.2 Å². The fraction of sp³-hybridized carbons (Fsp3) is 0.350. The second-order valence-electron chi connectivity index (χ2n) is 7.66. The zero-order valence-corrected chi connectivity index (χ0v) is 28.6. The van der Waals surface area contributed by atoms with Crippen LogP contribution in [0.15, 0.2) is 26.1 Å². The number of carbonyl (C=O) groups is 4. The number of anilines is 1. The number of β-lactam (4-membered cyclic amide) rings is 1. The number of nitrogens with zero attached hydrogens (tertiary/aromatic N) is 4. The van der Waals surface area contributed by atoms with Crippen LogP contribution in [0.1, 0.15) is 19.1 Å². The predicted octanol–water partition coefficient (Wildman–Crippen LogP) is -4.77. The minimum atomic E-state index is -1.25. The number of amides is 2. The molecule has 13 nitrogen and oxygen atoms in total. The summed E-state index contributed by atoms with van der Waals surface area (Å²) in [5.41, 5.74) is 6.70. The number of nitrogens with two attached hydrogens (primary N) is 1. The van der Waals surface area contributed by atoms with Crippen LogP contribution in [-0.2, 0) is 30.4 Å². The van der Waals surface area contributed by atoms with Gasteiger partial charge < -0.3 is 29.0 Å². The number of carboxylic acid groups (broad SMARTS) is 2. The number of thiazole rings is 2. The first kappa shape index (κ1) is 34.1. The van der Waals surface area contributed by atoms with Gasteiger partial charge in [-0.05, 0) is 12.5 Å². The van der Waals surface area contributed by atoms with Crippen molar-refractivity contribution in [1.29, 1.82) is 0 Å². The van der Waals surface area contributed by atoms with Crippen molar-refractivity contribution in [3.63, 3.8) is 0 Å². The number of aromatic nitrogens is 2. The quantitative estimate of drug-likeness (QED) is 0.0643. The SMILES string of the molecule is CO/N=C(\C(=O)N[C@@H]1C(=O)N2C(C(=O)O)=C(CSc3nc(C)c(CC(=O)O)s3)CS[C@H]12)c1csc(N)n1.[H-].[H-].[Na+].[Na+]. The summed E-state index contributed by atoms with van der Waals surface area (Å²) in [4.78, 5) is 63.9. The number of oxime groups is 1. The molecule has 0 aliphatic carbocycles. The van der Waals surface area contributed by atoms with E-state index in [-0.39, 0.29) is 96.4 Å². The molecule has 2 atom stereocenters. The van der Waals surface area contributed by atoms with E-state index in [4.69, 9.17) is 15.7 Å². The molecule has 5 N–H and O–H groups in total. The molecule has 200 valence electrons. The summed E-state index contributed by atoms with van der Waals surface area (Å²) in [5, 5.41) is 26.3. The van der Waals surface area contributed by atoms with Gasteiger partial charge in [0.1, 0.15) is 29.9 Å². The molecule has 2 aromatic heterocycles. The van der Waals surface area contributed by atoms with Crippen LogP contribution in [0, 0.1) is 6.92 Å². The molecule has 0 saturated carbocycles. The van der Waals surface area contributed by atoms with Gasteiger partial charge in [0.25, 0.3) is 11.8 Å². The van der Waals surface area contributed by atoms with Gasteiger partial charge in [-0.1, -0.05) is 16.9 Å². The van der Waals surface area contributed by atoms with Crippen molar-refractivity contribution < 1.29 is 96.2 Å². The van der Waals surface area contributed by atoms with Crippen molar-refractivity contribution in [1.82, 2.24) is 20.2 Å². The van der Waals surface area contributed by atoms with Gasteiger partial charge in [0.2, 0.25) is 0 Å². The molecule has 0 unspecified atom stereocenters. The third-order valence-electron chi connectivity index (χ3n) is 5.25. The maximum atomic E-state index is 13.0. The van der Waals surface area contributed by atoms with Gasteiger partial charge in [0, 0.05) is 21.8 Å². The molecular formula is C20H22N6Na2O7S4. The van der Waals surface area contributed by atoms with Crippen molar-refractivity contribution in [3.8, 4) is 0 Å². The van der Waals surface area contributed by atoms with Crippen molar-refractivity contribution >= 4 is 80.8 Å². The third-order valence-corrected chi connectivity index (χ3v) is 9.65.